The Bertz CT molecular complexity index is 448. The molecule has 1 fully saturated rings. The zero-order chi connectivity index (χ0) is 15.3. The summed E-state index contributed by atoms with van der Waals surface area (Å²) in [6.45, 7) is 2.84. The van der Waals surface area contributed by atoms with Gasteiger partial charge in [-0.2, -0.15) is 0 Å². The fourth-order valence-corrected chi connectivity index (χ4v) is 2.37. The molecular weight excluding hydrogens is 285 g/mol. The quantitative estimate of drug-likeness (QED) is 0.847. The Labute approximate surface area is 121 Å². The van der Waals surface area contributed by atoms with E-state index in [2.05, 4.69) is 15.0 Å². The van der Waals surface area contributed by atoms with Gasteiger partial charge in [0, 0.05) is 24.8 Å². The highest BCUT2D eigenvalue weighted by Gasteiger charge is 2.31. The second kappa shape index (κ2) is 7.00. The van der Waals surface area contributed by atoms with Gasteiger partial charge >= 0.3 is 6.36 Å². The number of ether oxygens (including phenoxy) is 1. The van der Waals surface area contributed by atoms with Gasteiger partial charge in [-0.15, -0.1) is 13.2 Å². The van der Waals surface area contributed by atoms with Gasteiger partial charge in [-0.05, 0) is 38.1 Å². The maximum atomic E-state index is 12.1. The molecule has 0 radical (unpaired) electrons. The molecule has 1 atom stereocenters. The van der Waals surface area contributed by atoms with Crippen molar-refractivity contribution in [2.75, 3.05) is 31.5 Å². The molecular formula is C14H19F3N2O2. The molecule has 0 saturated carbocycles. The molecule has 1 aromatic carbocycles. The smallest absolute Gasteiger partial charge is 0.406 e. The van der Waals surface area contributed by atoms with Crippen molar-refractivity contribution in [2.45, 2.75) is 25.3 Å². The number of β-amino-alcohol motifs (C(OH)–C–C–N with tert-alkyl or cyclic N) is 1. The highest BCUT2D eigenvalue weighted by Crippen LogP contribution is 2.25. The standard InChI is InChI=1S/C14H19F3N2O2/c15-14(16,17)21-13-5-3-4-11(8-13)18-9-12(20)10-19-6-1-2-7-19/h3-5,8,12,18,20H,1-2,6-7,9-10H2. The Morgan fingerprint density at radius 1 is 1.29 bits per heavy atom. The molecule has 1 saturated heterocycles. The fraction of sp³-hybridized carbons (Fsp3) is 0.571. The minimum atomic E-state index is -4.70. The summed E-state index contributed by atoms with van der Waals surface area (Å²) in [7, 11) is 0. The molecule has 7 heteroatoms. The van der Waals surface area contributed by atoms with E-state index in [1.165, 1.54) is 18.2 Å². The molecule has 2 N–H and O–H groups in total. The lowest BCUT2D eigenvalue weighted by atomic mass is 10.2. The number of halogens is 3. The van der Waals surface area contributed by atoms with Gasteiger partial charge in [-0.1, -0.05) is 6.07 Å². The summed E-state index contributed by atoms with van der Waals surface area (Å²) in [6.07, 6.45) is -2.96. The number of nitrogens with one attached hydrogen (secondary N) is 1. The van der Waals surface area contributed by atoms with Gasteiger partial charge in [0.25, 0.3) is 0 Å². The van der Waals surface area contributed by atoms with E-state index in [4.69, 9.17) is 0 Å². The number of aliphatic hydroxyl groups is 1. The van der Waals surface area contributed by atoms with Crippen LogP contribution in [0.1, 0.15) is 12.8 Å². The van der Waals surface area contributed by atoms with Crippen molar-refractivity contribution >= 4 is 5.69 Å². The van der Waals surface area contributed by atoms with Gasteiger partial charge in [0.2, 0.25) is 0 Å². The Balaban J connectivity index is 1.80. The first-order valence-electron chi connectivity index (χ1n) is 6.92. The molecule has 118 valence electrons. The molecule has 1 unspecified atom stereocenters. The molecule has 0 bridgehead atoms. The van der Waals surface area contributed by atoms with E-state index in [0.717, 1.165) is 25.9 Å². The lowest BCUT2D eigenvalue weighted by Crippen LogP contribution is -2.34. The normalized spacial score (nSPS) is 17.7. The van der Waals surface area contributed by atoms with Crippen LogP contribution in [0.2, 0.25) is 0 Å². The molecule has 0 spiro atoms. The lowest BCUT2D eigenvalue weighted by molar-refractivity contribution is -0.274. The van der Waals surface area contributed by atoms with Crippen LogP contribution in [0.5, 0.6) is 5.75 Å². The minimum Gasteiger partial charge on any atom is -0.406 e. The number of hydrogen-bond acceptors (Lipinski definition) is 4. The highest BCUT2D eigenvalue weighted by atomic mass is 19.4. The second-order valence-corrected chi connectivity index (χ2v) is 5.12. The molecule has 0 aliphatic carbocycles. The summed E-state index contributed by atoms with van der Waals surface area (Å²) in [4.78, 5) is 2.18. The van der Waals surface area contributed by atoms with E-state index >= 15 is 0 Å². The van der Waals surface area contributed by atoms with Crippen LogP contribution < -0.4 is 10.1 Å². The highest BCUT2D eigenvalue weighted by molar-refractivity contribution is 5.48. The van der Waals surface area contributed by atoms with Gasteiger partial charge in [0.15, 0.2) is 0 Å². The molecule has 0 amide bonds. The van der Waals surface area contributed by atoms with Crippen molar-refractivity contribution in [1.29, 1.82) is 0 Å². The lowest BCUT2D eigenvalue weighted by Gasteiger charge is -2.20. The van der Waals surface area contributed by atoms with E-state index in [1.54, 1.807) is 6.07 Å². The van der Waals surface area contributed by atoms with Gasteiger partial charge in [-0.25, -0.2) is 0 Å². The summed E-state index contributed by atoms with van der Waals surface area (Å²) in [5.41, 5.74) is 0.484. The van der Waals surface area contributed by atoms with Crippen molar-refractivity contribution in [3.05, 3.63) is 24.3 Å². The topological polar surface area (TPSA) is 44.7 Å². The number of benzene rings is 1. The third-order valence-electron chi connectivity index (χ3n) is 3.28. The first-order valence-corrected chi connectivity index (χ1v) is 6.92. The van der Waals surface area contributed by atoms with E-state index < -0.39 is 12.5 Å². The molecule has 1 aliphatic rings. The summed E-state index contributed by atoms with van der Waals surface area (Å²) >= 11 is 0. The number of hydrogen-bond donors (Lipinski definition) is 2. The van der Waals surface area contributed by atoms with Crippen LogP contribution in [0.15, 0.2) is 24.3 Å². The van der Waals surface area contributed by atoms with Crippen molar-refractivity contribution in [1.82, 2.24) is 4.90 Å². The van der Waals surface area contributed by atoms with Gasteiger partial charge in [0.1, 0.15) is 5.75 Å². The number of nitrogens with zero attached hydrogens (tertiary/aromatic N) is 1. The van der Waals surface area contributed by atoms with Crippen molar-refractivity contribution < 1.29 is 23.0 Å². The average molecular weight is 304 g/mol. The van der Waals surface area contributed by atoms with Crippen LogP contribution in [0, 0.1) is 0 Å². The van der Waals surface area contributed by atoms with Crippen LogP contribution in [-0.4, -0.2) is 48.7 Å². The molecule has 0 aromatic heterocycles. The van der Waals surface area contributed by atoms with Crippen molar-refractivity contribution in [2.24, 2.45) is 0 Å². The molecule has 4 nitrogen and oxygen atoms in total. The van der Waals surface area contributed by atoms with E-state index in [0.29, 0.717) is 12.2 Å². The zero-order valence-electron chi connectivity index (χ0n) is 11.6. The van der Waals surface area contributed by atoms with Crippen molar-refractivity contribution in [3.63, 3.8) is 0 Å². The van der Waals surface area contributed by atoms with Gasteiger partial charge in [0.05, 0.1) is 6.10 Å². The van der Waals surface area contributed by atoms with E-state index in [9.17, 15) is 18.3 Å². The maximum absolute atomic E-state index is 12.1. The monoisotopic (exact) mass is 304 g/mol. The SMILES string of the molecule is OC(CNc1cccc(OC(F)(F)F)c1)CN1CCCC1. The number of likely N-dealkylation sites (tertiary alicyclic amines) is 1. The van der Waals surface area contributed by atoms with Gasteiger partial charge < -0.3 is 20.1 Å². The molecule has 1 aliphatic heterocycles. The fourth-order valence-electron chi connectivity index (χ4n) is 2.37. The maximum Gasteiger partial charge on any atom is 0.573 e. The van der Waals surface area contributed by atoms with Crippen LogP contribution in [0.4, 0.5) is 18.9 Å². The number of anilines is 1. The third-order valence-corrected chi connectivity index (χ3v) is 3.28. The average Bonchev–Trinajstić information content (AvgIpc) is 2.87. The third kappa shape index (κ3) is 5.81. The first kappa shape index (κ1) is 15.9. The Hall–Kier alpha value is -1.47. The van der Waals surface area contributed by atoms with Gasteiger partial charge in [-0.3, -0.25) is 0 Å². The Kier molecular flexibility index (Phi) is 5.30. The predicted molar refractivity (Wildman–Crippen MR) is 73.3 cm³/mol. The van der Waals surface area contributed by atoms with Crippen molar-refractivity contribution in [3.8, 4) is 5.75 Å². The first-order chi connectivity index (χ1) is 9.92. The number of alkyl halides is 3. The second-order valence-electron chi connectivity index (χ2n) is 5.12. The summed E-state index contributed by atoms with van der Waals surface area (Å²) in [5.74, 6) is -0.276. The zero-order valence-corrected chi connectivity index (χ0v) is 11.6. The van der Waals surface area contributed by atoms with E-state index in [-0.39, 0.29) is 12.3 Å². The summed E-state index contributed by atoms with van der Waals surface area (Å²) < 4.78 is 40.2. The Morgan fingerprint density at radius 2 is 2.00 bits per heavy atom. The van der Waals surface area contributed by atoms with E-state index in [1.807, 2.05) is 0 Å². The number of aliphatic hydroxyl groups excluding tert-OH is 1. The van der Waals surface area contributed by atoms with Crippen LogP contribution >= 0.6 is 0 Å². The predicted octanol–water partition coefficient (Wildman–Crippen LogP) is 2.45. The number of rotatable bonds is 6. The van der Waals surface area contributed by atoms with Crippen LogP contribution in [0.25, 0.3) is 0 Å². The summed E-state index contributed by atoms with van der Waals surface area (Å²) in [5, 5.41) is 12.8. The summed E-state index contributed by atoms with van der Waals surface area (Å²) in [6, 6.07) is 5.59. The largest absolute Gasteiger partial charge is 0.573 e. The molecule has 1 heterocycles. The minimum absolute atomic E-state index is 0.276. The van der Waals surface area contributed by atoms with Crippen LogP contribution in [0.3, 0.4) is 0 Å². The van der Waals surface area contributed by atoms with Crippen LogP contribution in [-0.2, 0) is 0 Å². The molecule has 21 heavy (non-hydrogen) atoms. The molecule has 2 rings (SSSR count). The Morgan fingerprint density at radius 3 is 2.67 bits per heavy atom. The molecule has 1 aromatic rings.